The molecule has 5 N–H and O–H groups in total. The van der Waals surface area contributed by atoms with E-state index in [1.165, 1.54) is 24.3 Å². The molecule has 1 aliphatic rings. The first-order valence-corrected chi connectivity index (χ1v) is 15.8. The lowest BCUT2D eigenvalue weighted by atomic mass is 9.98. The fourth-order valence-corrected chi connectivity index (χ4v) is 5.58. The Balaban J connectivity index is 0.00000650. The van der Waals surface area contributed by atoms with Crippen LogP contribution in [-0.2, 0) is 25.7 Å². The van der Waals surface area contributed by atoms with E-state index in [2.05, 4.69) is 20.9 Å². The number of non-ortho nitro benzene ring substituents is 1. The maximum absolute atomic E-state index is 13.6. The average molecular weight is 693 g/mol. The highest BCUT2D eigenvalue weighted by Gasteiger charge is 2.31. The highest BCUT2D eigenvalue weighted by Crippen LogP contribution is 2.44. The lowest BCUT2D eigenvalue weighted by Gasteiger charge is -2.24. The van der Waals surface area contributed by atoms with Gasteiger partial charge < -0.3 is 31.2 Å². The first kappa shape index (κ1) is 38.3. The van der Waals surface area contributed by atoms with Crippen molar-refractivity contribution in [2.45, 2.75) is 57.7 Å². The lowest BCUT2D eigenvalue weighted by Crippen LogP contribution is -2.52. The van der Waals surface area contributed by atoms with Gasteiger partial charge in [0.1, 0.15) is 25.3 Å². The Kier molecular flexibility index (Phi) is 14.4. The molecule has 49 heavy (non-hydrogen) atoms. The highest BCUT2D eigenvalue weighted by atomic mass is 32.1. The van der Waals surface area contributed by atoms with Gasteiger partial charge in [0.05, 0.1) is 4.92 Å². The van der Waals surface area contributed by atoms with Crippen LogP contribution >= 0.6 is 13.5 Å². The molecule has 0 spiro atoms. The van der Waals surface area contributed by atoms with E-state index in [-0.39, 0.29) is 63.0 Å². The monoisotopic (exact) mass is 692 g/mol. The number of nitro benzene ring substituents is 1. The number of nitrogens with one attached hydrogen (secondary N) is 3. The molecule has 4 rings (SSSR count). The highest BCUT2D eigenvalue weighted by molar-refractivity contribution is 7.59. The molecule has 0 aromatic heterocycles. The van der Waals surface area contributed by atoms with Gasteiger partial charge in [0, 0.05) is 31.6 Å². The summed E-state index contributed by atoms with van der Waals surface area (Å²) in [6.07, 6.45) is 0.179. The number of benzene rings is 3. The number of hydrogen-bond donors (Lipinski definition) is 4. The van der Waals surface area contributed by atoms with Crippen LogP contribution in [0.4, 0.5) is 10.5 Å². The van der Waals surface area contributed by atoms with Crippen LogP contribution in [-0.4, -0.2) is 61.1 Å². The number of alkyl carbamates (subject to hydrolysis) is 1. The van der Waals surface area contributed by atoms with E-state index in [1.54, 1.807) is 7.05 Å². The number of fused-ring (bicyclic) bond motifs is 3. The minimum Gasteiger partial charge on any atom is -0.459 e. The zero-order chi connectivity index (χ0) is 34.6. The van der Waals surface area contributed by atoms with Crippen LogP contribution < -0.4 is 21.7 Å². The van der Waals surface area contributed by atoms with Crippen LogP contribution in [0.2, 0.25) is 0 Å². The number of nitrogens with two attached hydrogens (primary N) is 1. The number of carbonyl (C=O) groups excluding carboxylic acids is 3. The average Bonchev–Trinajstić information content (AvgIpc) is 3.40. The number of esters is 1. The van der Waals surface area contributed by atoms with Crippen molar-refractivity contribution in [1.82, 2.24) is 16.0 Å². The zero-order valence-electron chi connectivity index (χ0n) is 27.8. The fourth-order valence-electron chi connectivity index (χ4n) is 5.58. The standard InChI is InChI=1S/C35H42N6O7.H2S/c1-22(2)19-31(33(43)47-20-23-14-16-24(17-15-23)41(45)46)39-32(42)30(13-8-18-38-34(36)37-3)40-35(44)48-21-29-27-11-6-4-9-25(27)26-10-5-7-12-28(26)29;/h4-7,9-12,14-17,22,29-31H,8,13,18-21H2,1-3H3,(H,39,42)(H,40,44)(H3,36,37,38);1H2/t30-,31+;/m1./s1. The van der Waals surface area contributed by atoms with Crippen molar-refractivity contribution in [3.05, 3.63) is 99.6 Å². The van der Waals surface area contributed by atoms with E-state index in [1.807, 2.05) is 62.4 Å². The Bertz CT molecular complexity index is 1590. The van der Waals surface area contributed by atoms with E-state index in [4.69, 9.17) is 15.2 Å². The quantitative estimate of drug-likeness (QED) is 0.0444. The normalized spacial score (nSPS) is 13.3. The molecule has 0 saturated heterocycles. The first-order chi connectivity index (χ1) is 23.1. The molecule has 262 valence electrons. The van der Waals surface area contributed by atoms with Gasteiger partial charge in [-0.3, -0.25) is 19.9 Å². The molecule has 2 atom stereocenters. The number of nitrogens with zero attached hydrogens (tertiary/aromatic N) is 2. The van der Waals surface area contributed by atoms with Gasteiger partial charge in [-0.2, -0.15) is 13.5 Å². The topological polar surface area (TPSA) is 187 Å². The summed E-state index contributed by atoms with van der Waals surface area (Å²) in [5.74, 6) is -1.12. The van der Waals surface area contributed by atoms with E-state index in [9.17, 15) is 24.5 Å². The molecule has 14 heteroatoms. The molecule has 0 unspecified atom stereocenters. The van der Waals surface area contributed by atoms with Crippen molar-refractivity contribution in [2.24, 2.45) is 16.6 Å². The third kappa shape index (κ3) is 10.7. The van der Waals surface area contributed by atoms with Gasteiger partial charge in [-0.15, -0.1) is 0 Å². The maximum Gasteiger partial charge on any atom is 0.407 e. The summed E-state index contributed by atoms with van der Waals surface area (Å²) in [6.45, 7) is 4.14. The summed E-state index contributed by atoms with van der Waals surface area (Å²) in [4.78, 5) is 54.2. The number of guanidine groups is 1. The van der Waals surface area contributed by atoms with E-state index < -0.39 is 35.0 Å². The second-order valence-electron chi connectivity index (χ2n) is 11.9. The van der Waals surface area contributed by atoms with Crippen molar-refractivity contribution in [2.75, 3.05) is 20.2 Å². The fraction of sp³-hybridized carbons (Fsp3) is 0.371. The molecule has 0 bridgehead atoms. The van der Waals surface area contributed by atoms with Crippen LogP contribution in [0, 0.1) is 16.0 Å². The second kappa shape index (κ2) is 18.4. The molecular formula is C35H44N6O7S. The number of hydrogen-bond acceptors (Lipinski definition) is 8. The predicted molar refractivity (Wildman–Crippen MR) is 191 cm³/mol. The van der Waals surface area contributed by atoms with Crippen LogP contribution in [0.3, 0.4) is 0 Å². The van der Waals surface area contributed by atoms with Gasteiger partial charge in [0.15, 0.2) is 5.96 Å². The Hall–Kier alpha value is -5.11. The molecule has 1 aliphatic carbocycles. The summed E-state index contributed by atoms with van der Waals surface area (Å²) >= 11 is 0. The van der Waals surface area contributed by atoms with Crippen molar-refractivity contribution in [1.29, 1.82) is 0 Å². The summed E-state index contributed by atoms with van der Waals surface area (Å²) < 4.78 is 11.2. The number of ether oxygens (including phenoxy) is 2. The van der Waals surface area contributed by atoms with E-state index in [0.29, 0.717) is 18.5 Å². The van der Waals surface area contributed by atoms with Crippen molar-refractivity contribution >= 4 is 43.1 Å². The number of rotatable bonds is 15. The first-order valence-electron chi connectivity index (χ1n) is 15.8. The molecule has 2 amide bonds. The summed E-state index contributed by atoms with van der Waals surface area (Å²) in [5, 5.41) is 19.3. The number of nitro groups is 1. The molecule has 0 fully saturated rings. The SMILES string of the molecule is CN=C(N)NCCC[C@@H](NC(=O)OCC1c2ccccc2-c2ccccc21)C(=O)N[C@@H](CC(C)C)C(=O)OCc1ccc([N+](=O)[O-])cc1.S. The molecule has 0 saturated carbocycles. The predicted octanol–water partition coefficient (Wildman–Crippen LogP) is 4.50. The van der Waals surface area contributed by atoms with Crippen LogP contribution in [0.25, 0.3) is 11.1 Å². The maximum atomic E-state index is 13.6. The minimum atomic E-state index is -1.03. The second-order valence-corrected chi connectivity index (χ2v) is 11.9. The smallest absolute Gasteiger partial charge is 0.407 e. The van der Waals surface area contributed by atoms with Crippen LogP contribution in [0.1, 0.15) is 55.7 Å². The van der Waals surface area contributed by atoms with Crippen LogP contribution in [0.5, 0.6) is 0 Å². The van der Waals surface area contributed by atoms with Gasteiger partial charge in [0.25, 0.3) is 5.69 Å². The van der Waals surface area contributed by atoms with E-state index >= 15 is 0 Å². The molecule has 3 aromatic carbocycles. The van der Waals surface area contributed by atoms with Gasteiger partial charge >= 0.3 is 12.1 Å². The third-order valence-electron chi connectivity index (χ3n) is 8.01. The van der Waals surface area contributed by atoms with Gasteiger partial charge in [0.2, 0.25) is 5.91 Å². The van der Waals surface area contributed by atoms with Gasteiger partial charge in [-0.1, -0.05) is 62.4 Å². The van der Waals surface area contributed by atoms with Gasteiger partial charge in [-0.25, -0.2) is 9.59 Å². The Morgan fingerprint density at radius 3 is 2.10 bits per heavy atom. The number of amides is 2. The number of carbonyl (C=O) groups is 3. The Labute approximate surface area is 292 Å². The van der Waals surface area contributed by atoms with Crippen molar-refractivity contribution < 1.29 is 28.8 Å². The largest absolute Gasteiger partial charge is 0.459 e. The zero-order valence-corrected chi connectivity index (χ0v) is 28.8. The Morgan fingerprint density at radius 1 is 0.918 bits per heavy atom. The van der Waals surface area contributed by atoms with Crippen molar-refractivity contribution in [3.8, 4) is 11.1 Å². The molecular weight excluding hydrogens is 648 g/mol. The number of aliphatic imine (C=N–C) groups is 1. The lowest BCUT2D eigenvalue weighted by molar-refractivity contribution is -0.384. The molecule has 13 nitrogen and oxygen atoms in total. The summed E-state index contributed by atoms with van der Waals surface area (Å²) in [5.41, 5.74) is 10.5. The Morgan fingerprint density at radius 2 is 1.53 bits per heavy atom. The van der Waals surface area contributed by atoms with E-state index in [0.717, 1.165) is 22.3 Å². The van der Waals surface area contributed by atoms with Gasteiger partial charge in [-0.05, 0) is 65.1 Å². The minimum absolute atomic E-state index is 0. The molecule has 0 heterocycles. The summed E-state index contributed by atoms with van der Waals surface area (Å²) in [7, 11) is 1.55. The third-order valence-corrected chi connectivity index (χ3v) is 8.01. The van der Waals surface area contributed by atoms with Crippen LogP contribution in [0.15, 0.2) is 77.8 Å². The molecule has 0 aliphatic heterocycles. The molecule has 3 aromatic rings. The summed E-state index contributed by atoms with van der Waals surface area (Å²) in [6, 6.07) is 19.6. The van der Waals surface area contributed by atoms with Crippen molar-refractivity contribution in [3.63, 3.8) is 0 Å². The molecule has 0 radical (unpaired) electrons.